The Balaban J connectivity index is 0.000000181. The van der Waals surface area contributed by atoms with Crippen LogP contribution in [0.15, 0.2) is 95.5 Å². The average molecular weight is 772 g/mol. The maximum absolute atomic E-state index is 6.18. The van der Waals surface area contributed by atoms with E-state index in [1.807, 2.05) is 36.4 Å². The van der Waals surface area contributed by atoms with Crippen molar-refractivity contribution in [2.45, 2.75) is 53.4 Å². The predicted molar refractivity (Wildman–Crippen MR) is 183 cm³/mol. The summed E-state index contributed by atoms with van der Waals surface area (Å²) in [6, 6.07) is 35.7. The van der Waals surface area contributed by atoms with Crippen molar-refractivity contribution in [1.29, 1.82) is 0 Å². The van der Waals surface area contributed by atoms with Crippen LogP contribution in [0.1, 0.15) is 31.0 Å². The third-order valence-electron chi connectivity index (χ3n) is 7.84. The number of aromatic nitrogens is 3. The molecular weight excluding hydrogens is 735 g/mol. The monoisotopic (exact) mass is 772 g/mol. The van der Waals surface area contributed by atoms with E-state index >= 15 is 0 Å². The number of imidazole rings is 1. The molecule has 0 saturated carbocycles. The molecule has 0 spiro atoms. The first-order valence-corrected chi connectivity index (χ1v) is 18.4. The van der Waals surface area contributed by atoms with E-state index < -0.39 is 8.07 Å². The molecule has 0 bridgehead atoms. The Hall–Kier alpha value is -3.83. The molecule has 4 nitrogen and oxygen atoms in total. The third-order valence-corrected chi connectivity index (χ3v) is 9.98. The van der Waals surface area contributed by atoms with E-state index in [9.17, 15) is 0 Å². The molecule has 0 amide bonds. The molecule has 0 aliphatic rings. The Bertz CT molecular complexity index is 2070. The second-order valence-electron chi connectivity index (χ2n) is 12.5. The van der Waals surface area contributed by atoms with E-state index in [2.05, 4.69) is 124 Å². The fraction of sp³-hybridized carbons (Fsp3) is 0.211. The van der Waals surface area contributed by atoms with Gasteiger partial charge in [0, 0.05) is 37.7 Å². The molecule has 6 heteroatoms. The van der Waals surface area contributed by atoms with Gasteiger partial charge in [-0.1, -0.05) is 79.5 Å². The van der Waals surface area contributed by atoms with E-state index in [0.717, 1.165) is 55.6 Å². The molecule has 0 unspecified atom stereocenters. The largest absolute Gasteiger partial charge is 0.501 e. The summed E-state index contributed by atoms with van der Waals surface area (Å²) in [6.07, 6.45) is 2.06. The molecule has 3 heterocycles. The predicted octanol–water partition coefficient (Wildman–Crippen LogP) is 9.69. The molecule has 1 radical (unpaired) electrons. The molecule has 0 N–H and O–H groups in total. The topological polar surface area (TPSA) is 43.9 Å². The van der Waals surface area contributed by atoms with Crippen LogP contribution in [0.2, 0.25) is 19.6 Å². The van der Waals surface area contributed by atoms with Crippen LogP contribution < -0.4 is 5.19 Å². The first-order valence-electron chi connectivity index (χ1n) is 14.9. The molecule has 44 heavy (non-hydrogen) atoms. The number of fused-ring (bicyclic) bond motifs is 4. The second-order valence-corrected chi connectivity index (χ2v) is 17.5. The summed E-state index contributed by atoms with van der Waals surface area (Å²) >= 11 is 0. The minimum atomic E-state index is -1.28. The van der Waals surface area contributed by atoms with Crippen molar-refractivity contribution < 1.29 is 24.5 Å². The van der Waals surface area contributed by atoms with Crippen LogP contribution in [0.25, 0.3) is 55.6 Å². The van der Waals surface area contributed by atoms with Crippen molar-refractivity contribution in [3.8, 4) is 22.6 Å². The normalized spacial score (nSPS) is 11.5. The van der Waals surface area contributed by atoms with Gasteiger partial charge in [0.1, 0.15) is 5.58 Å². The van der Waals surface area contributed by atoms with Gasteiger partial charge in [-0.2, -0.15) is 0 Å². The Labute approximate surface area is 274 Å². The Morgan fingerprint density at radius 2 is 1.61 bits per heavy atom. The van der Waals surface area contributed by atoms with Crippen LogP contribution in [-0.2, 0) is 20.1 Å². The van der Waals surface area contributed by atoms with Gasteiger partial charge >= 0.3 is 0 Å². The number of para-hydroxylation sites is 3. The summed E-state index contributed by atoms with van der Waals surface area (Å²) in [6.45, 7) is 15.7. The summed E-state index contributed by atoms with van der Waals surface area (Å²) in [5, 5.41) is 3.67. The zero-order valence-electron chi connectivity index (χ0n) is 26.3. The van der Waals surface area contributed by atoms with Gasteiger partial charge in [0.2, 0.25) is 0 Å². The van der Waals surface area contributed by atoms with Gasteiger partial charge in [-0.3, -0.25) is 4.98 Å². The molecule has 0 saturated heterocycles. The maximum Gasteiger partial charge on any atom is 0.120 e. The van der Waals surface area contributed by atoms with Crippen molar-refractivity contribution in [3.05, 3.63) is 114 Å². The Morgan fingerprint density at radius 3 is 2.32 bits per heavy atom. The van der Waals surface area contributed by atoms with Crippen LogP contribution in [0, 0.1) is 26.0 Å². The van der Waals surface area contributed by atoms with Gasteiger partial charge in [0.25, 0.3) is 0 Å². The molecule has 4 aromatic carbocycles. The van der Waals surface area contributed by atoms with Gasteiger partial charge in [0.15, 0.2) is 0 Å². The molecule has 0 aliphatic carbocycles. The summed E-state index contributed by atoms with van der Waals surface area (Å²) in [4.78, 5) is 9.51. The zero-order valence-corrected chi connectivity index (χ0v) is 29.7. The maximum atomic E-state index is 6.18. The summed E-state index contributed by atoms with van der Waals surface area (Å²) < 4.78 is 8.44. The van der Waals surface area contributed by atoms with Gasteiger partial charge in [0.05, 0.1) is 30.5 Å². The van der Waals surface area contributed by atoms with E-state index in [0.29, 0.717) is 0 Å². The Kier molecular flexibility index (Phi) is 9.08. The summed E-state index contributed by atoms with van der Waals surface area (Å²) in [5.41, 5.74) is 9.47. The number of nitrogens with zero attached hydrogens (tertiary/aromatic N) is 3. The van der Waals surface area contributed by atoms with E-state index in [-0.39, 0.29) is 26.1 Å². The SMILES string of the molecule is CC(C)n1c(-c2[c-]ccc3c2oc2ccccc23)nc2ccccc21.Cc1c[c-]c(-c2cc(C)c([Si](C)(C)C)cn2)cc1.[Ir]. The molecule has 0 aliphatic heterocycles. The van der Waals surface area contributed by atoms with Crippen LogP contribution in [0.5, 0.6) is 0 Å². The average Bonchev–Trinajstić information content (AvgIpc) is 3.56. The van der Waals surface area contributed by atoms with E-state index in [4.69, 9.17) is 9.40 Å². The molecule has 225 valence electrons. The van der Waals surface area contributed by atoms with Crippen molar-refractivity contribution in [1.82, 2.24) is 14.5 Å². The fourth-order valence-electron chi connectivity index (χ4n) is 5.75. The van der Waals surface area contributed by atoms with Crippen LogP contribution in [-0.4, -0.2) is 22.6 Å². The van der Waals surface area contributed by atoms with Gasteiger partial charge < -0.3 is 14.0 Å². The summed E-state index contributed by atoms with van der Waals surface area (Å²) in [7, 11) is -1.28. The molecule has 0 atom stereocenters. The number of furan rings is 1. The third kappa shape index (κ3) is 6.07. The number of benzene rings is 4. The number of hydrogen-bond acceptors (Lipinski definition) is 3. The fourth-order valence-corrected chi connectivity index (χ4v) is 7.46. The summed E-state index contributed by atoms with van der Waals surface area (Å²) in [5.74, 6) is 0.904. The smallest absolute Gasteiger partial charge is 0.120 e. The first kappa shape index (κ1) is 31.6. The van der Waals surface area contributed by atoms with Crippen molar-refractivity contribution in [3.63, 3.8) is 0 Å². The number of pyridine rings is 1. The standard InChI is InChI=1S/C22H17N2O.C16H20NSi.Ir/c1-14(2)24-19-12-5-4-11-18(19)23-22(24)17-10-7-9-16-15-8-3-6-13-20(15)25-21(16)17;1-12-6-8-14(9-7-12)15-10-13(2)16(11-17-15)18(3,4)5;/h3-9,11-14H,1-2H3;6-8,10-11H,1-5H3;/q2*-1;. The van der Waals surface area contributed by atoms with Gasteiger partial charge in [-0.25, -0.2) is 0 Å². The zero-order chi connectivity index (χ0) is 30.3. The Morgan fingerprint density at radius 1 is 0.864 bits per heavy atom. The van der Waals surface area contributed by atoms with Gasteiger partial charge in [-0.05, 0) is 49.9 Å². The quantitative estimate of drug-likeness (QED) is 0.132. The van der Waals surface area contributed by atoms with Crippen LogP contribution >= 0.6 is 0 Å². The van der Waals surface area contributed by atoms with Crippen molar-refractivity contribution >= 4 is 46.2 Å². The molecule has 0 fully saturated rings. The van der Waals surface area contributed by atoms with Crippen molar-refractivity contribution in [2.24, 2.45) is 0 Å². The van der Waals surface area contributed by atoms with Crippen molar-refractivity contribution in [2.75, 3.05) is 0 Å². The molecule has 3 aromatic heterocycles. The van der Waals surface area contributed by atoms with E-state index in [1.165, 1.54) is 16.3 Å². The molecular formula is C38H37IrN3OSi-2. The minimum absolute atomic E-state index is 0. The van der Waals surface area contributed by atoms with Crippen LogP contribution in [0.4, 0.5) is 0 Å². The second kappa shape index (κ2) is 12.6. The van der Waals surface area contributed by atoms with Gasteiger partial charge in [-0.15, -0.1) is 53.6 Å². The van der Waals surface area contributed by atoms with Crippen LogP contribution in [0.3, 0.4) is 0 Å². The number of rotatable bonds is 4. The first-order chi connectivity index (χ1) is 20.6. The molecule has 7 rings (SSSR count). The number of aryl methyl sites for hydroxylation is 2. The van der Waals surface area contributed by atoms with E-state index in [1.54, 1.807) is 0 Å². The number of hydrogen-bond donors (Lipinski definition) is 0. The minimum Gasteiger partial charge on any atom is -0.501 e. The molecule has 7 aromatic rings.